The Balaban J connectivity index is 1.21. The molecular formula is C28H27F2N7O3. The minimum Gasteiger partial charge on any atom is -0.492 e. The molecule has 1 aromatic carbocycles. The number of nitrogens with one attached hydrogen (secondary N) is 2. The number of carbonyl (C=O) groups is 1. The van der Waals surface area contributed by atoms with Gasteiger partial charge in [-0.1, -0.05) is 0 Å². The number of anilines is 1. The topological polar surface area (TPSA) is 121 Å². The molecule has 1 saturated heterocycles. The van der Waals surface area contributed by atoms with Crippen LogP contribution in [0.4, 0.5) is 14.6 Å². The summed E-state index contributed by atoms with van der Waals surface area (Å²) in [6, 6.07) is 8.59. The van der Waals surface area contributed by atoms with E-state index in [0.717, 1.165) is 46.0 Å². The third-order valence-electron chi connectivity index (χ3n) is 7.37. The van der Waals surface area contributed by atoms with Crippen molar-refractivity contribution in [2.45, 2.75) is 25.3 Å². The van der Waals surface area contributed by atoms with Crippen LogP contribution in [-0.2, 0) is 0 Å². The number of aromatic amines is 1. The van der Waals surface area contributed by atoms with Crippen LogP contribution in [0.15, 0.2) is 55.0 Å². The number of carbonyl (C=O) groups excluding carboxylic acids is 1. The summed E-state index contributed by atoms with van der Waals surface area (Å²) in [4.78, 5) is 19.5. The zero-order valence-electron chi connectivity index (χ0n) is 21.7. The highest BCUT2D eigenvalue weighted by atomic mass is 19.1. The van der Waals surface area contributed by atoms with Gasteiger partial charge in [-0.15, -0.1) is 5.10 Å². The molecule has 0 spiro atoms. The molecule has 5 heterocycles. The van der Waals surface area contributed by atoms with Gasteiger partial charge in [-0.05, 0) is 56.2 Å². The smallest absolute Gasteiger partial charge is 0.254 e. The van der Waals surface area contributed by atoms with Gasteiger partial charge in [0.2, 0.25) is 0 Å². The van der Waals surface area contributed by atoms with E-state index in [2.05, 4.69) is 25.5 Å². The van der Waals surface area contributed by atoms with Crippen LogP contribution in [0.2, 0.25) is 0 Å². The molecular weight excluding hydrogens is 520 g/mol. The molecule has 0 radical (unpaired) electrons. The average molecular weight is 548 g/mol. The number of benzene rings is 1. The molecule has 0 aliphatic carbocycles. The molecule has 0 bridgehead atoms. The van der Waals surface area contributed by atoms with E-state index in [0.29, 0.717) is 43.9 Å². The third-order valence-corrected chi connectivity index (χ3v) is 7.37. The lowest BCUT2D eigenvalue weighted by Crippen LogP contribution is -2.57. The lowest BCUT2D eigenvalue weighted by molar-refractivity contribution is 0.0783. The minimum absolute atomic E-state index is 0.324. The highest BCUT2D eigenvalue weighted by Crippen LogP contribution is 2.34. The fourth-order valence-corrected chi connectivity index (χ4v) is 5.20. The Hall–Kier alpha value is -4.58. The number of ether oxygens (including phenoxy) is 1. The molecule has 1 amide bonds. The summed E-state index contributed by atoms with van der Waals surface area (Å²) in [5.74, 6) is -0.849. The van der Waals surface area contributed by atoms with Gasteiger partial charge in [0, 0.05) is 30.4 Å². The Morgan fingerprint density at radius 1 is 1.18 bits per heavy atom. The second-order valence-electron chi connectivity index (χ2n) is 9.86. The lowest BCUT2D eigenvalue weighted by Gasteiger charge is -2.41. The Morgan fingerprint density at radius 3 is 2.73 bits per heavy atom. The first kappa shape index (κ1) is 25.7. The summed E-state index contributed by atoms with van der Waals surface area (Å²) in [5.41, 5.74) is 2.00. The number of halogens is 2. The molecule has 206 valence electrons. The van der Waals surface area contributed by atoms with E-state index in [-0.39, 0.29) is 12.2 Å². The fraction of sp³-hybridized carbons (Fsp3) is 0.286. The monoisotopic (exact) mass is 547 g/mol. The zero-order chi connectivity index (χ0) is 27.9. The van der Waals surface area contributed by atoms with Gasteiger partial charge in [-0.2, -0.15) is 5.10 Å². The number of fused-ring (bicyclic) bond motifs is 3. The summed E-state index contributed by atoms with van der Waals surface area (Å²) in [6.45, 7) is 3.12. The van der Waals surface area contributed by atoms with Crippen LogP contribution in [0.3, 0.4) is 0 Å². The Labute approximate surface area is 227 Å². The summed E-state index contributed by atoms with van der Waals surface area (Å²) >= 11 is 0. The van der Waals surface area contributed by atoms with Crippen LogP contribution in [0, 0.1) is 11.6 Å². The molecule has 1 fully saturated rings. The lowest BCUT2D eigenvalue weighted by atomic mass is 9.87. The number of aliphatic hydroxyl groups excluding tert-OH is 1. The number of hydrogen-bond acceptors (Lipinski definition) is 7. The number of rotatable bonds is 7. The van der Waals surface area contributed by atoms with Gasteiger partial charge >= 0.3 is 0 Å². The number of aliphatic hydroxyl groups is 1. The van der Waals surface area contributed by atoms with Crippen molar-refractivity contribution in [3.63, 3.8) is 0 Å². The predicted molar refractivity (Wildman–Crippen MR) is 144 cm³/mol. The Bertz CT molecular complexity index is 1690. The quantitative estimate of drug-likeness (QED) is 0.284. The van der Waals surface area contributed by atoms with Crippen LogP contribution in [-0.4, -0.2) is 67.7 Å². The van der Waals surface area contributed by atoms with Gasteiger partial charge in [0.05, 0.1) is 47.6 Å². The van der Waals surface area contributed by atoms with Crippen LogP contribution < -0.4 is 15.0 Å². The first-order valence-electron chi connectivity index (χ1n) is 13.0. The van der Waals surface area contributed by atoms with Gasteiger partial charge < -0.3 is 20.1 Å². The summed E-state index contributed by atoms with van der Waals surface area (Å²) in [6.07, 6.45) is 6.18. The number of aromatic nitrogens is 5. The largest absolute Gasteiger partial charge is 0.492 e. The Kier molecular flexibility index (Phi) is 6.54. The van der Waals surface area contributed by atoms with Crippen molar-refractivity contribution in [3.05, 3.63) is 72.2 Å². The van der Waals surface area contributed by atoms with E-state index in [1.807, 2.05) is 31.3 Å². The molecule has 6 rings (SSSR count). The standard InChI is InChI=1S/C28H27F2N7O3/c1-2-40-19-12-20(25-22-14-32-34-26(22)35-37(25)15-19)17-3-6-24(31-13-17)36-9-7-28(16-38,8-10-36)33-27(39)21-11-18(29)4-5-23(21)30/h3-6,11-15,38H,2,7-10,16H2,1H3,(H,33,39)(H,34,35). The minimum atomic E-state index is -0.949. The van der Waals surface area contributed by atoms with Crippen molar-refractivity contribution < 1.29 is 23.4 Å². The molecule has 0 unspecified atom stereocenters. The number of hydrogen-bond donors (Lipinski definition) is 3. The maximum absolute atomic E-state index is 14.1. The molecule has 1 aliphatic rings. The van der Waals surface area contributed by atoms with Crippen LogP contribution in [0.1, 0.15) is 30.1 Å². The van der Waals surface area contributed by atoms with Crippen molar-refractivity contribution >= 4 is 28.3 Å². The van der Waals surface area contributed by atoms with E-state index in [1.54, 1.807) is 16.9 Å². The number of amides is 1. The van der Waals surface area contributed by atoms with Crippen LogP contribution in [0.25, 0.3) is 27.7 Å². The van der Waals surface area contributed by atoms with Crippen molar-refractivity contribution in [1.29, 1.82) is 0 Å². The highest BCUT2D eigenvalue weighted by molar-refractivity contribution is 6.01. The van der Waals surface area contributed by atoms with Crippen LogP contribution >= 0.6 is 0 Å². The van der Waals surface area contributed by atoms with Gasteiger partial charge in [-0.25, -0.2) is 18.3 Å². The molecule has 0 atom stereocenters. The second-order valence-corrected chi connectivity index (χ2v) is 9.86. The zero-order valence-corrected chi connectivity index (χ0v) is 21.7. The number of nitrogens with zero attached hydrogens (tertiary/aromatic N) is 5. The molecule has 4 aromatic heterocycles. The summed E-state index contributed by atoms with van der Waals surface area (Å²) in [7, 11) is 0. The van der Waals surface area contributed by atoms with Crippen molar-refractivity contribution in [3.8, 4) is 16.9 Å². The molecule has 40 heavy (non-hydrogen) atoms. The molecule has 0 saturated carbocycles. The van der Waals surface area contributed by atoms with Gasteiger partial charge in [0.15, 0.2) is 5.65 Å². The van der Waals surface area contributed by atoms with Crippen molar-refractivity contribution in [2.75, 3.05) is 31.2 Å². The molecule has 3 N–H and O–H groups in total. The van der Waals surface area contributed by atoms with E-state index in [9.17, 15) is 18.7 Å². The number of H-pyrrole nitrogens is 1. The van der Waals surface area contributed by atoms with Crippen molar-refractivity contribution in [2.24, 2.45) is 0 Å². The van der Waals surface area contributed by atoms with E-state index in [4.69, 9.17) is 9.72 Å². The maximum Gasteiger partial charge on any atom is 0.254 e. The predicted octanol–water partition coefficient (Wildman–Crippen LogP) is 3.71. The fourth-order valence-electron chi connectivity index (χ4n) is 5.20. The summed E-state index contributed by atoms with van der Waals surface area (Å²) < 4.78 is 35.2. The van der Waals surface area contributed by atoms with Crippen LogP contribution in [0.5, 0.6) is 5.75 Å². The second kappa shape index (κ2) is 10.2. The number of piperidine rings is 1. The van der Waals surface area contributed by atoms with Gasteiger partial charge in [0.1, 0.15) is 23.2 Å². The third kappa shape index (κ3) is 4.60. The normalized spacial score (nSPS) is 15.1. The van der Waals surface area contributed by atoms with E-state index < -0.39 is 23.1 Å². The maximum atomic E-state index is 14.1. The van der Waals surface area contributed by atoms with Gasteiger partial charge in [0.25, 0.3) is 5.91 Å². The summed E-state index contributed by atoms with van der Waals surface area (Å²) in [5, 5.41) is 25.3. The average Bonchev–Trinajstić information content (AvgIpc) is 3.56. The van der Waals surface area contributed by atoms with E-state index in [1.165, 1.54) is 0 Å². The van der Waals surface area contributed by atoms with Crippen molar-refractivity contribution in [1.82, 2.24) is 30.1 Å². The molecule has 12 heteroatoms. The first-order valence-corrected chi connectivity index (χ1v) is 13.0. The highest BCUT2D eigenvalue weighted by Gasteiger charge is 2.36. The number of pyridine rings is 2. The molecule has 10 nitrogen and oxygen atoms in total. The molecule has 5 aromatic rings. The SMILES string of the molecule is CCOc1cc(-c2ccc(N3CCC(CO)(NC(=O)c4cc(F)ccc4F)CC3)nc2)c2c3cn[nH]c3nn2c1. The van der Waals surface area contributed by atoms with Gasteiger partial charge in [-0.3, -0.25) is 9.89 Å². The molecule has 1 aliphatic heterocycles. The van der Waals surface area contributed by atoms with E-state index >= 15 is 0 Å². The first-order chi connectivity index (χ1) is 19.4. The Morgan fingerprint density at radius 2 is 2.00 bits per heavy atom.